The van der Waals surface area contributed by atoms with E-state index in [4.69, 9.17) is 26.1 Å². The van der Waals surface area contributed by atoms with Crippen LogP contribution in [0.15, 0.2) is 73.3 Å². The van der Waals surface area contributed by atoms with Crippen molar-refractivity contribution in [3.63, 3.8) is 0 Å². The van der Waals surface area contributed by atoms with Gasteiger partial charge in [0.05, 0.1) is 16.8 Å². The van der Waals surface area contributed by atoms with Crippen molar-refractivity contribution in [1.29, 1.82) is 0 Å². The second-order valence-corrected chi connectivity index (χ2v) is 8.19. The number of para-hydroxylation sites is 1. The van der Waals surface area contributed by atoms with Crippen molar-refractivity contribution in [3.8, 4) is 22.1 Å². The van der Waals surface area contributed by atoms with Crippen LogP contribution in [0.2, 0.25) is 5.02 Å². The van der Waals surface area contributed by atoms with Gasteiger partial charge in [-0.1, -0.05) is 48.0 Å². The van der Waals surface area contributed by atoms with E-state index < -0.39 is 0 Å². The lowest BCUT2D eigenvalue weighted by Crippen LogP contribution is -2.03. The average molecular weight is 436 g/mol. The number of allylic oxidation sites excluding steroid dienone is 1. The first-order chi connectivity index (χ1) is 14.7. The second-order valence-electron chi connectivity index (χ2n) is 6.76. The molecule has 0 bridgehead atoms. The van der Waals surface area contributed by atoms with Gasteiger partial charge in [-0.3, -0.25) is 0 Å². The largest absolute Gasteiger partial charge is 0.490 e. The van der Waals surface area contributed by atoms with Crippen LogP contribution in [0.25, 0.3) is 20.8 Å². The molecule has 0 unspecified atom stereocenters. The molecule has 0 saturated carbocycles. The average Bonchev–Trinajstić information content (AvgIpc) is 3.19. The molecule has 5 heteroatoms. The standard InChI is InChI=1S/C25H22ClNO2S/c1-3-9-17-14-19(25-27-21-12-7-8-13-23(21)30-25)15-22(28-4-2)24(17)29-16-18-10-5-6-11-20(18)26/h3,5-8,10-15H,1,4,9,16H2,2H3. The van der Waals surface area contributed by atoms with E-state index in [2.05, 4.69) is 18.7 Å². The first-order valence-corrected chi connectivity index (χ1v) is 11.0. The van der Waals surface area contributed by atoms with Crippen molar-refractivity contribution < 1.29 is 9.47 Å². The maximum atomic E-state index is 6.30. The molecule has 4 rings (SSSR count). The molecule has 152 valence electrons. The number of nitrogens with zero attached hydrogens (tertiary/aromatic N) is 1. The van der Waals surface area contributed by atoms with Gasteiger partial charge in [0.15, 0.2) is 11.5 Å². The zero-order valence-corrected chi connectivity index (χ0v) is 18.3. The molecule has 0 amide bonds. The molecule has 0 saturated heterocycles. The van der Waals surface area contributed by atoms with Crippen molar-refractivity contribution in [3.05, 3.63) is 89.5 Å². The Morgan fingerprint density at radius 1 is 1.03 bits per heavy atom. The number of thiazole rings is 1. The lowest BCUT2D eigenvalue weighted by molar-refractivity contribution is 0.267. The highest BCUT2D eigenvalue weighted by Crippen LogP contribution is 2.40. The van der Waals surface area contributed by atoms with E-state index in [-0.39, 0.29) is 0 Å². The molecule has 1 aromatic heterocycles. The van der Waals surface area contributed by atoms with Crippen LogP contribution in [0, 0.1) is 0 Å². The van der Waals surface area contributed by atoms with E-state index in [1.165, 1.54) is 0 Å². The summed E-state index contributed by atoms with van der Waals surface area (Å²) in [6, 6.07) is 20.0. The lowest BCUT2D eigenvalue weighted by atomic mass is 10.1. The molecule has 0 radical (unpaired) electrons. The SMILES string of the molecule is C=CCc1cc(-c2nc3ccccc3s2)cc(OCC)c1OCc1ccccc1Cl. The minimum absolute atomic E-state index is 0.365. The van der Waals surface area contributed by atoms with Crippen molar-refractivity contribution in [2.75, 3.05) is 6.61 Å². The molecule has 0 spiro atoms. The van der Waals surface area contributed by atoms with Gasteiger partial charge in [-0.25, -0.2) is 4.98 Å². The molecule has 0 aliphatic heterocycles. The Bertz CT molecular complexity index is 1150. The Kier molecular flexibility index (Phi) is 6.36. The normalized spacial score (nSPS) is 10.9. The van der Waals surface area contributed by atoms with Crippen LogP contribution >= 0.6 is 22.9 Å². The van der Waals surface area contributed by atoms with E-state index >= 15 is 0 Å². The summed E-state index contributed by atoms with van der Waals surface area (Å²) in [5, 5.41) is 1.65. The molecule has 0 aliphatic rings. The number of halogens is 1. The van der Waals surface area contributed by atoms with Gasteiger partial charge < -0.3 is 9.47 Å². The number of benzene rings is 3. The molecule has 3 nitrogen and oxygen atoms in total. The minimum Gasteiger partial charge on any atom is -0.490 e. The highest BCUT2D eigenvalue weighted by Gasteiger charge is 2.17. The number of rotatable bonds is 8. The molecule has 0 fully saturated rings. The third kappa shape index (κ3) is 4.35. The quantitative estimate of drug-likeness (QED) is 0.271. The zero-order valence-electron chi connectivity index (χ0n) is 16.7. The summed E-state index contributed by atoms with van der Waals surface area (Å²) in [6.45, 7) is 6.79. The van der Waals surface area contributed by atoms with Crippen LogP contribution in [-0.2, 0) is 13.0 Å². The highest BCUT2D eigenvalue weighted by molar-refractivity contribution is 7.21. The molecule has 0 N–H and O–H groups in total. The predicted octanol–water partition coefficient (Wildman–Crippen LogP) is 7.32. The van der Waals surface area contributed by atoms with Gasteiger partial charge in [0.1, 0.15) is 11.6 Å². The smallest absolute Gasteiger partial charge is 0.165 e. The van der Waals surface area contributed by atoms with E-state index in [1.807, 2.05) is 61.5 Å². The van der Waals surface area contributed by atoms with E-state index in [9.17, 15) is 0 Å². The molecule has 1 heterocycles. The van der Waals surface area contributed by atoms with E-state index in [0.29, 0.717) is 30.4 Å². The fourth-order valence-corrected chi connectivity index (χ4v) is 4.42. The Morgan fingerprint density at radius 3 is 2.60 bits per heavy atom. The maximum absolute atomic E-state index is 6.30. The van der Waals surface area contributed by atoms with Gasteiger partial charge in [-0.15, -0.1) is 17.9 Å². The summed E-state index contributed by atoms with van der Waals surface area (Å²) in [5.41, 5.74) is 3.96. The van der Waals surface area contributed by atoms with Crippen LogP contribution in [0.1, 0.15) is 18.1 Å². The van der Waals surface area contributed by atoms with E-state index in [0.717, 1.165) is 37.7 Å². The van der Waals surface area contributed by atoms with Gasteiger partial charge in [0.2, 0.25) is 0 Å². The Hall–Kier alpha value is -2.82. The molecule has 0 aliphatic carbocycles. The molecule has 30 heavy (non-hydrogen) atoms. The van der Waals surface area contributed by atoms with Gasteiger partial charge in [-0.05, 0) is 43.7 Å². The monoisotopic (exact) mass is 435 g/mol. The van der Waals surface area contributed by atoms with Crippen LogP contribution in [0.3, 0.4) is 0 Å². The lowest BCUT2D eigenvalue weighted by Gasteiger charge is -2.17. The zero-order chi connectivity index (χ0) is 20.9. The first kappa shape index (κ1) is 20.5. The predicted molar refractivity (Wildman–Crippen MR) is 126 cm³/mol. The third-order valence-electron chi connectivity index (χ3n) is 4.67. The van der Waals surface area contributed by atoms with Crippen molar-refractivity contribution in [1.82, 2.24) is 4.98 Å². The van der Waals surface area contributed by atoms with Crippen LogP contribution in [-0.4, -0.2) is 11.6 Å². The molecule has 4 aromatic rings. The van der Waals surface area contributed by atoms with Crippen molar-refractivity contribution >= 4 is 33.2 Å². The summed E-state index contributed by atoms with van der Waals surface area (Å²) >= 11 is 7.97. The summed E-state index contributed by atoms with van der Waals surface area (Å²) in [6.07, 6.45) is 2.53. The minimum atomic E-state index is 0.365. The summed E-state index contributed by atoms with van der Waals surface area (Å²) in [7, 11) is 0. The number of ether oxygens (including phenoxy) is 2. The summed E-state index contributed by atoms with van der Waals surface area (Å²) in [4.78, 5) is 4.80. The number of hydrogen-bond donors (Lipinski definition) is 0. The second kappa shape index (κ2) is 9.33. The molecule has 3 aromatic carbocycles. The van der Waals surface area contributed by atoms with Crippen LogP contribution in [0.5, 0.6) is 11.5 Å². The summed E-state index contributed by atoms with van der Waals surface area (Å²) < 4.78 is 13.3. The van der Waals surface area contributed by atoms with Crippen LogP contribution in [0.4, 0.5) is 0 Å². The Balaban J connectivity index is 1.75. The van der Waals surface area contributed by atoms with Crippen molar-refractivity contribution in [2.24, 2.45) is 0 Å². The van der Waals surface area contributed by atoms with Gasteiger partial charge in [0, 0.05) is 21.7 Å². The fraction of sp³-hybridized carbons (Fsp3) is 0.160. The first-order valence-electron chi connectivity index (χ1n) is 9.82. The third-order valence-corrected chi connectivity index (χ3v) is 6.12. The van der Waals surface area contributed by atoms with Crippen LogP contribution < -0.4 is 9.47 Å². The highest BCUT2D eigenvalue weighted by atomic mass is 35.5. The molecular weight excluding hydrogens is 414 g/mol. The maximum Gasteiger partial charge on any atom is 0.165 e. The number of hydrogen-bond acceptors (Lipinski definition) is 4. The Labute approximate surface area is 185 Å². The Morgan fingerprint density at radius 2 is 1.83 bits per heavy atom. The number of aromatic nitrogens is 1. The van der Waals surface area contributed by atoms with Gasteiger partial charge in [0.25, 0.3) is 0 Å². The fourth-order valence-electron chi connectivity index (χ4n) is 3.28. The molecule has 0 atom stereocenters. The number of fused-ring (bicyclic) bond motifs is 1. The van der Waals surface area contributed by atoms with Gasteiger partial charge >= 0.3 is 0 Å². The van der Waals surface area contributed by atoms with Gasteiger partial charge in [-0.2, -0.15) is 0 Å². The molecular formula is C25H22ClNO2S. The van der Waals surface area contributed by atoms with Crippen molar-refractivity contribution in [2.45, 2.75) is 20.0 Å². The topological polar surface area (TPSA) is 31.4 Å². The summed E-state index contributed by atoms with van der Waals surface area (Å²) in [5.74, 6) is 1.43. The van der Waals surface area contributed by atoms with E-state index in [1.54, 1.807) is 11.3 Å².